The lowest BCUT2D eigenvalue weighted by atomic mass is 9.94. The number of hydrogen-bond donors (Lipinski definition) is 2. The van der Waals surface area contributed by atoms with Crippen molar-refractivity contribution in [2.75, 3.05) is 24.7 Å². The van der Waals surface area contributed by atoms with Gasteiger partial charge in [0.15, 0.2) is 0 Å². The maximum Gasteiger partial charge on any atom is 0.418 e. The number of carboxylic acids is 1. The lowest BCUT2D eigenvalue weighted by Crippen LogP contribution is -2.53. The largest absolute Gasteiger partial charge is 0.480 e. The monoisotopic (exact) mass is 694 g/mol. The number of nitrogens with zero attached hydrogens (tertiary/aromatic N) is 3. The van der Waals surface area contributed by atoms with Crippen molar-refractivity contribution in [3.8, 4) is 11.1 Å². The zero-order valence-corrected chi connectivity index (χ0v) is 26.2. The summed E-state index contributed by atoms with van der Waals surface area (Å²) in [6.45, 7) is 1.60. The summed E-state index contributed by atoms with van der Waals surface area (Å²) in [5.41, 5.74) is -2.59. The Morgan fingerprint density at radius 3 is 2.43 bits per heavy atom. The minimum Gasteiger partial charge on any atom is -0.480 e. The number of aromatic nitrogens is 2. The van der Waals surface area contributed by atoms with Crippen LogP contribution in [-0.4, -0.2) is 64.6 Å². The number of aliphatic carboxylic acids is 1. The zero-order valence-electron chi connectivity index (χ0n) is 26.2. The Hall–Kier alpha value is -4.99. The van der Waals surface area contributed by atoms with Gasteiger partial charge in [-0.25, -0.2) is 9.18 Å². The highest BCUT2D eigenvalue weighted by molar-refractivity contribution is 5.99. The van der Waals surface area contributed by atoms with Crippen molar-refractivity contribution in [2.24, 2.45) is 7.05 Å². The van der Waals surface area contributed by atoms with Gasteiger partial charge >= 0.3 is 18.3 Å². The third-order valence-corrected chi connectivity index (χ3v) is 8.54. The van der Waals surface area contributed by atoms with E-state index in [0.29, 0.717) is 0 Å². The van der Waals surface area contributed by atoms with E-state index in [1.54, 1.807) is 0 Å². The number of carboxylic acid groups (broad SMARTS) is 1. The number of carbonyl (C=O) groups is 2. The molecule has 2 aromatic heterocycles. The number of ether oxygens (including phenoxy) is 1. The van der Waals surface area contributed by atoms with Crippen molar-refractivity contribution in [1.82, 2.24) is 14.9 Å². The first-order valence-electron chi connectivity index (χ1n) is 14.8. The number of carbonyl (C=O) groups excluding carboxylic acids is 1. The molecule has 0 bridgehead atoms. The quantitative estimate of drug-likeness (QED) is 0.244. The fourth-order valence-electron chi connectivity index (χ4n) is 5.94. The van der Waals surface area contributed by atoms with Crippen LogP contribution in [0.5, 0.6) is 0 Å². The number of halogens is 7. The molecule has 1 aliphatic heterocycles. The lowest BCUT2D eigenvalue weighted by molar-refractivity contribution is -0.167. The number of morpholine rings is 1. The van der Waals surface area contributed by atoms with Crippen molar-refractivity contribution in [2.45, 2.75) is 44.7 Å². The smallest absolute Gasteiger partial charge is 0.418 e. The van der Waals surface area contributed by atoms with Crippen LogP contribution in [0, 0.1) is 19.7 Å². The first-order chi connectivity index (χ1) is 22.9. The second kappa shape index (κ2) is 13.1. The Morgan fingerprint density at radius 1 is 1.08 bits per heavy atom. The van der Waals surface area contributed by atoms with Crippen LogP contribution < -0.4 is 15.8 Å². The third kappa shape index (κ3) is 6.95. The van der Waals surface area contributed by atoms with E-state index < -0.39 is 65.4 Å². The summed E-state index contributed by atoms with van der Waals surface area (Å²) in [7, 11) is 1.21. The lowest BCUT2D eigenvalue weighted by Gasteiger charge is -2.38. The van der Waals surface area contributed by atoms with Crippen molar-refractivity contribution in [3.63, 3.8) is 0 Å². The van der Waals surface area contributed by atoms with Crippen LogP contribution in [0.25, 0.3) is 22.0 Å². The molecule has 1 aliphatic rings. The Morgan fingerprint density at radius 2 is 1.80 bits per heavy atom. The van der Waals surface area contributed by atoms with E-state index in [0.717, 1.165) is 21.6 Å². The van der Waals surface area contributed by atoms with E-state index in [4.69, 9.17) is 4.74 Å². The molecular weight excluding hydrogens is 665 g/mol. The summed E-state index contributed by atoms with van der Waals surface area (Å²) < 4.78 is 103. The molecule has 0 spiro atoms. The first kappa shape index (κ1) is 35.3. The Labute approximate surface area is 273 Å². The van der Waals surface area contributed by atoms with E-state index >= 15 is 4.39 Å². The number of benzene rings is 2. The summed E-state index contributed by atoms with van der Waals surface area (Å²) >= 11 is 0. The summed E-state index contributed by atoms with van der Waals surface area (Å²) in [6, 6.07) is 4.78. The molecule has 0 unspecified atom stereocenters. The molecule has 0 saturated carbocycles. The number of nitrogens with one attached hydrogen (secondary N) is 1. The molecule has 16 heteroatoms. The summed E-state index contributed by atoms with van der Waals surface area (Å²) in [6.07, 6.45) is -8.47. The Kier molecular flexibility index (Phi) is 9.47. The number of fused-ring (bicyclic) bond motifs is 1. The highest BCUT2D eigenvalue weighted by Gasteiger charge is 2.46. The summed E-state index contributed by atoms with van der Waals surface area (Å²) in [4.78, 5) is 43.8. The van der Waals surface area contributed by atoms with E-state index in [1.807, 2.05) is 0 Å². The number of hydrogen-bond acceptors (Lipinski definition) is 6. The molecule has 0 aliphatic carbocycles. The van der Waals surface area contributed by atoms with E-state index in [9.17, 15) is 45.8 Å². The predicted molar refractivity (Wildman–Crippen MR) is 164 cm³/mol. The van der Waals surface area contributed by atoms with Crippen LogP contribution in [0.3, 0.4) is 0 Å². The fourth-order valence-corrected chi connectivity index (χ4v) is 5.94. The van der Waals surface area contributed by atoms with Gasteiger partial charge in [-0.05, 0) is 49.2 Å². The maximum absolute atomic E-state index is 15.4. The van der Waals surface area contributed by atoms with Gasteiger partial charge in [-0.2, -0.15) is 26.3 Å². The van der Waals surface area contributed by atoms with Gasteiger partial charge < -0.3 is 24.6 Å². The molecular formula is C33H29F7N4O5. The van der Waals surface area contributed by atoms with Crippen LogP contribution >= 0.6 is 0 Å². The van der Waals surface area contributed by atoms with Crippen molar-refractivity contribution < 1.29 is 50.2 Å². The second-order valence-electron chi connectivity index (χ2n) is 11.6. The molecule has 49 heavy (non-hydrogen) atoms. The van der Waals surface area contributed by atoms with Gasteiger partial charge in [0.2, 0.25) is 0 Å². The minimum atomic E-state index is -4.76. The molecule has 0 radical (unpaired) electrons. The number of rotatable bonds is 7. The average Bonchev–Trinajstić information content (AvgIpc) is 3.02. The van der Waals surface area contributed by atoms with Gasteiger partial charge in [0.25, 0.3) is 11.5 Å². The molecule has 4 aromatic rings. The van der Waals surface area contributed by atoms with Crippen molar-refractivity contribution in [3.05, 3.63) is 92.8 Å². The molecule has 3 heterocycles. The Balaban J connectivity index is 1.47. The number of alkyl halides is 6. The van der Waals surface area contributed by atoms with E-state index in [1.165, 1.54) is 57.4 Å². The number of aryl methyl sites for hydroxylation is 1. The maximum atomic E-state index is 15.4. The van der Waals surface area contributed by atoms with Gasteiger partial charge in [0.05, 0.1) is 29.9 Å². The van der Waals surface area contributed by atoms with Crippen LogP contribution in [0.1, 0.15) is 32.7 Å². The molecule has 5 rings (SSSR count). The highest BCUT2D eigenvalue weighted by atomic mass is 19.4. The van der Waals surface area contributed by atoms with E-state index in [2.05, 4.69) is 10.3 Å². The predicted octanol–water partition coefficient (Wildman–Crippen LogP) is 5.57. The fraction of sp³-hybridized carbons (Fsp3) is 0.333. The van der Waals surface area contributed by atoms with Crippen LogP contribution in [-0.2, 0) is 29.2 Å². The highest BCUT2D eigenvalue weighted by Crippen LogP contribution is 2.36. The van der Waals surface area contributed by atoms with Gasteiger partial charge in [-0.15, -0.1) is 0 Å². The van der Waals surface area contributed by atoms with Crippen molar-refractivity contribution in [1.29, 1.82) is 0 Å². The normalized spacial score (nSPS) is 16.1. The first-order valence-corrected chi connectivity index (χ1v) is 14.8. The minimum absolute atomic E-state index is 0.0305. The molecule has 1 amide bonds. The molecule has 2 atom stereocenters. The van der Waals surface area contributed by atoms with Crippen LogP contribution in [0.15, 0.2) is 53.5 Å². The Bertz CT molecular complexity index is 1990. The summed E-state index contributed by atoms with van der Waals surface area (Å²) in [5.74, 6) is -3.81. The molecule has 260 valence electrons. The average molecular weight is 695 g/mol. The number of amides is 1. The summed E-state index contributed by atoms with van der Waals surface area (Å²) in [5, 5.41) is 12.5. The topological polar surface area (TPSA) is 114 Å². The van der Waals surface area contributed by atoms with Crippen LogP contribution in [0.4, 0.5) is 36.4 Å². The molecule has 2 N–H and O–H groups in total. The molecule has 1 saturated heterocycles. The van der Waals surface area contributed by atoms with Gasteiger partial charge in [0.1, 0.15) is 17.9 Å². The number of pyridine rings is 2. The third-order valence-electron chi connectivity index (χ3n) is 8.54. The zero-order chi connectivity index (χ0) is 36.0. The van der Waals surface area contributed by atoms with Gasteiger partial charge in [-0.1, -0.05) is 18.2 Å². The standard InChI is InChI=1S/C33H29F7N4O5/c1-16-11-19(44-9-10-49-15-26(44)33(38,39)40)13-24(34)27(16)29(45)42-25(31(47)48)12-18-6-7-21(28-20(18)5-4-8-41-28)22-14-23(32(35,36)37)17(2)43(3)30(22)46/h4-8,11,13-14,25-26H,9-10,12,15H2,1-3H3,(H,42,45)(H,47,48)/t25-,26+/m0/s1. The van der Waals surface area contributed by atoms with Gasteiger partial charge in [-0.3, -0.25) is 14.6 Å². The van der Waals surface area contributed by atoms with Crippen molar-refractivity contribution >= 4 is 28.5 Å². The van der Waals surface area contributed by atoms with E-state index in [-0.39, 0.29) is 64.1 Å². The molecule has 9 nitrogen and oxygen atoms in total. The second-order valence-corrected chi connectivity index (χ2v) is 11.6. The number of anilines is 1. The SMILES string of the molecule is Cc1cc(N2CCOC[C@@H]2C(F)(F)F)cc(F)c1C(=O)N[C@@H](Cc1ccc(-c2cc(C(F)(F)F)c(C)n(C)c2=O)c2ncccc12)C(=O)O. The van der Waals surface area contributed by atoms with Gasteiger partial charge in [0, 0.05) is 54.1 Å². The molecule has 1 fully saturated rings. The van der Waals surface area contributed by atoms with Crippen LogP contribution in [0.2, 0.25) is 0 Å². The molecule has 2 aromatic carbocycles.